The second-order valence-corrected chi connectivity index (χ2v) is 5.10. The normalized spacial score (nSPS) is 10.7. The minimum absolute atomic E-state index is 0.113. The molecule has 8 nitrogen and oxygen atoms in total. The van der Waals surface area contributed by atoms with Gasteiger partial charge in [-0.05, 0) is 18.2 Å². The maximum atomic E-state index is 10.9. The lowest BCUT2D eigenvalue weighted by Crippen LogP contribution is -2.15. The van der Waals surface area contributed by atoms with Gasteiger partial charge in [0.1, 0.15) is 5.15 Å². The molecule has 118 valence electrons. The first-order chi connectivity index (χ1) is 11.1. The summed E-state index contributed by atoms with van der Waals surface area (Å²) in [4.78, 5) is 21.9. The summed E-state index contributed by atoms with van der Waals surface area (Å²) in [7, 11) is 0. The van der Waals surface area contributed by atoms with Crippen LogP contribution in [0.5, 0.6) is 0 Å². The Balaban J connectivity index is 1.59. The van der Waals surface area contributed by atoms with E-state index in [9.17, 15) is 10.1 Å². The first kappa shape index (κ1) is 15.0. The molecular weight excluding hydrogens is 320 g/mol. The van der Waals surface area contributed by atoms with E-state index in [4.69, 9.17) is 11.6 Å². The molecule has 0 bridgehead atoms. The third kappa shape index (κ3) is 3.49. The molecule has 3 rings (SSSR count). The van der Waals surface area contributed by atoms with Gasteiger partial charge in [0.15, 0.2) is 0 Å². The summed E-state index contributed by atoms with van der Waals surface area (Å²) in [5, 5.41) is 17.1. The molecule has 2 heterocycles. The van der Waals surface area contributed by atoms with Gasteiger partial charge in [0, 0.05) is 19.2 Å². The zero-order valence-corrected chi connectivity index (χ0v) is 12.7. The van der Waals surface area contributed by atoms with Gasteiger partial charge in [0.05, 0.1) is 16.0 Å². The fraction of sp³-hybridized carbons (Fsp3) is 0.143. The van der Waals surface area contributed by atoms with E-state index in [1.165, 1.54) is 12.1 Å². The molecule has 0 amide bonds. The molecule has 0 unspecified atom stereocenters. The van der Waals surface area contributed by atoms with Crippen LogP contribution in [0, 0.1) is 10.1 Å². The maximum Gasteiger partial charge on any atom is 0.311 e. The third-order valence-electron chi connectivity index (χ3n) is 3.14. The van der Waals surface area contributed by atoms with Crippen LogP contribution in [-0.2, 0) is 0 Å². The molecule has 3 N–H and O–H groups in total. The summed E-state index contributed by atoms with van der Waals surface area (Å²) in [5.74, 6) is 0.787. The van der Waals surface area contributed by atoms with Crippen molar-refractivity contribution in [3.05, 3.63) is 51.7 Å². The van der Waals surface area contributed by atoms with Crippen LogP contribution in [0.1, 0.15) is 0 Å². The zero-order valence-electron chi connectivity index (χ0n) is 11.9. The standard InChI is InChI=1S/C14H13ClN6O2/c15-12-6-5-11(21(22)23)13(20-12)16-7-8-17-14-18-9-3-1-2-4-10(9)19-14/h1-6H,7-8H2,(H,16,20)(H2,17,18,19). The molecule has 0 aliphatic carbocycles. The van der Waals surface area contributed by atoms with E-state index in [1.807, 2.05) is 24.3 Å². The topological polar surface area (TPSA) is 109 Å². The summed E-state index contributed by atoms with van der Waals surface area (Å²) >= 11 is 5.77. The average Bonchev–Trinajstić information content (AvgIpc) is 2.94. The Bertz CT molecular complexity index is 817. The van der Waals surface area contributed by atoms with Crippen molar-refractivity contribution in [2.45, 2.75) is 0 Å². The van der Waals surface area contributed by atoms with E-state index in [0.717, 1.165) is 11.0 Å². The molecule has 0 aliphatic rings. The van der Waals surface area contributed by atoms with Crippen molar-refractivity contribution in [3.8, 4) is 0 Å². The number of anilines is 2. The number of pyridine rings is 1. The Morgan fingerprint density at radius 1 is 1.13 bits per heavy atom. The lowest BCUT2D eigenvalue weighted by Gasteiger charge is -2.07. The summed E-state index contributed by atoms with van der Waals surface area (Å²) < 4.78 is 0. The number of para-hydroxylation sites is 2. The molecule has 0 atom stereocenters. The monoisotopic (exact) mass is 332 g/mol. The van der Waals surface area contributed by atoms with Crippen LogP contribution in [0.4, 0.5) is 17.5 Å². The zero-order chi connectivity index (χ0) is 16.2. The molecule has 0 saturated carbocycles. The minimum Gasteiger partial charge on any atom is -0.363 e. The molecule has 9 heteroatoms. The quantitative estimate of drug-likeness (QED) is 0.277. The van der Waals surface area contributed by atoms with Gasteiger partial charge in [-0.15, -0.1) is 0 Å². The number of H-pyrrole nitrogens is 1. The molecule has 0 spiro atoms. The number of nitro groups is 1. The molecule has 0 aliphatic heterocycles. The van der Waals surface area contributed by atoms with Gasteiger partial charge in [-0.25, -0.2) is 9.97 Å². The molecule has 3 aromatic rings. The van der Waals surface area contributed by atoms with Gasteiger partial charge in [-0.3, -0.25) is 10.1 Å². The van der Waals surface area contributed by atoms with Gasteiger partial charge in [0.2, 0.25) is 11.8 Å². The van der Waals surface area contributed by atoms with E-state index in [-0.39, 0.29) is 16.7 Å². The number of fused-ring (bicyclic) bond motifs is 1. The first-order valence-electron chi connectivity index (χ1n) is 6.87. The van der Waals surface area contributed by atoms with E-state index in [0.29, 0.717) is 19.0 Å². The van der Waals surface area contributed by atoms with Crippen molar-refractivity contribution in [2.75, 3.05) is 23.7 Å². The van der Waals surface area contributed by atoms with Gasteiger partial charge >= 0.3 is 5.69 Å². The number of imidazole rings is 1. The van der Waals surface area contributed by atoms with Crippen LogP contribution in [0.15, 0.2) is 36.4 Å². The number of nitrogens with one attached hydrogen (secondary N) is 3. The second-order valence-electron chi connectivity index (χ2n) is 4.71. The van der Waals surface area contributed by atoms with E-state index < -0.39 is 4.92 Å². The van der Waals surface area contributed by atoms with Crippen molar-refractivity contribution in [1.29, 1.82) is 0 Å². The lowest BCUT2D eigenvalue weighted by molar-refractivity contribution is -0.384. The number of benzene rings is 1. The molecule has 0 fully saturated rings. The van der Waals surface area contributed by atoms with Gasteiger partial charge in [0.25, 0.3) is 0 Å². The predicted molar refractivity (Wildman–Crippen MR) is 89.0 cm³/mol. The Morgan fingerprint density at radius 2 is 1.91 bits per heavy atom. The molecule has 0 radical (unpaired) electrons. The van der Waals surface area contributed by atoms with Crippen molar-refractivity contribution < 1.29 is 4.92 Å². The van der Waals surface area contributed by atoms with E-state index in [2.05, 4.69) is 25.6 Å². The fourth-order valence-corrected chi connectivity index (χ4v) is 2.25. The second kappa shape index (κ2) is 6.49. The minimum atomic E-state index is -0.502. The van der Waals surface area contributed by atoms with Gasteiger partial charge < -0.3 is 15.6 Å². The Morgan fingerprint density at radius 3 is 2.70 bits per heavy atom. The fourth-order valence-electron chi connectivity index (χ4n) is 2.10. The van der Waals surface area contributed by atoms with Gasteiger partial charge in [-0.2, -0.15) is 0 Å². The first-order valence-corrected chi connectivity index (χ1v) is 7.25. The Kier molecular flexibility index (Phi) is 4.24. The number of aromatic amines is 1. The summed E-state index contributed by atoms with van der Waals surface area (Å²) in [6, 6.07) is 10.4. The smallest absolute Gasteiger partial charge is 0.311 e. The highest BCUT2D eigenvalue weighted by atomic mass is 35.5. The molecule has 23 heavy (non-hydrogen) atoms. The molecule has 0 saturated heterocycles. The average molecular weight is 333 g/mol. The van der Waals surface area contributed by atoms with Crippen LogP contribution in [-0.4, -0.2) is 33.0 Å². The van der Waals surface area contributed by atoms with Crippen LogP contribution >= 0.6 is 11.6 Å². The van der Waals surface area contributed by atoms with Gasteiger partial charge in [-0.1, -0.05) is 23.7 Å². The largest absolute Gasteiger partial charge is 0.363 e. The molecule has 2 aromatic heterocycles. The third-order valence-corrected chi connectivity index (χ3v) is 3.35. The highest BCUT2D eigenvalue weighted by Gasteiger charge is 2.15. The molecular formula is C14H13ClN6O2. The summed E-state index contributed by atoms with van der Waals surface area (Å²) in [6.07, 6.45) is 0. The van der Waals surface area contributed by atoms with E-state index in [1.54, 1.807) is 0 Å². The Labute approximate surface area is 136 Å². The SMILES string of the molecule is O=[N+]([O-])c1ccc(Cl)nc1NCCNc1nc2ccccc2[nH]1. The number of hydrogen-bond donors (Lipinski definition) is 3. The Hall–Kier alpha value is -2.87. The lowest BCUT2D eigenvalue weighted by atomic mass is 10.3. The van der Waals surface area contributed by atoms with Crippen LogP contribution < -0.4 is 10.6 Å². The summed E-state index contributed by atoms with van der Waals surface area (Å²) in [5.41, 5.74) is 1.70. The van der Waals surface area contributed by atoms with Crippen molar-refractivity contribution in [3.63, 3.8) is 0 Å². The summed E-state index contributed by atoms with van der Waals surface area (Å²) in [6.45, 7) is 0.927. The van der Waals surface area contributed by atoms with Crippen molar-refractivity contribution in [1.82, 2.24) is 15.0 Å². The predicted octanol–water partition coefficient (Wildman–Crippen LogP) is 3.04. The van der Waals surface area contributed by atoms with E-state index >= 15 is 0 Å². The number of aromatic nitrogens is 3. The van der Waals surface area contributed by atoms with Crippen molar-refractivity contribution >= 4 is 40.1 Å². The number of nitrogens with zero attached hydrogens (tertiary/aromatic N) is 3. The van der Waals surface area contributed by atoms with Crippen LogP contribution in [0.2, 0.25) is 5.15 Å². The van der Waals surface area contributed by atoms with Crippen LogP contribution in [0.25, 0.3) is 11.0 Å². The van der Waals surface area contributed by atoms with Crippen LogP contribution in [0.3, 0.4) is 0 Å². The van der Waals surface area contributed by atoms with Crippen molar-refractivity contribution in [2.24, 2.45) is 0 Å². The number of hydrogen-bond acceptors (Lipinski definition) is 6. The maximum absolute atomic E-state index is 10.9. The number of halogens is 1. The molecule has 1 aromatic carbocycles. The highest BCUT2D eigenvalue weighted by molar-refractivity contribution is 6.29. The number of rotatable bonds is 6. The highest BCUT2D eigenvalue weighted by Crippen LogP contribution is 2.23.